The Labute approximate surface area is 101 Å². The molecule has 2 heteroatoms. The van der Waals surface area contributed by atoms with Crippen LogP contribution in [0, 0.1) is 0 Å². The van der Waals surface area contributed by atoms with Gasteiger partial charge in [-0.15, -0.1) is 0 Å². The Morgan fingerprint density at radius 2 is 1.12 bits per heavy atom. The molecule has 0 bridgehead atoms. The summed E-state index contributed by atoms with van der Waals surface area (Å²) in [6.45, 7) is 18.6. The van der Waals surface area contributed by atoms with Gasteiger partial charge >= 0.3 is 0 Å². The van der Waals surface area contributed by atoms with Crippen molar-refractivity contribution < 1.29 is 4.21 Å². The highest BCUT2D eigenvalue weighted by Gasteiger charge is 2.03. The third kappa shape index (κ3) is 6.14. The summed E-state index contributed by atoms with van der Waals surface area (Å²) in [7, 11) is -1.29. The molecule has 1 nitrogen and oxygen atoms in total. The van der Waals surface area contributed by atoms with Crippen molar-refractivity contribution in [3.63, 3.8) is 0 Å². The minimum Gasteiger partial charge on any atom is -0.249 e. The summed E-state index contributed by atoms with van der Waals surface area (Å²) in [6.07, 6.45) is 6.93. The van der Waals surface area contributed by atoms with Gasteiger partial charge in [0.2, 0.25) is 0 Å². The lowest BCUT2D eigenvalue weighted by Gasteiger charge is -2.00. The topological polar surface area (TPSA) is 17.1 Å². The molecular weight excluding hydrogens is 216 g/mol. The van der Waals surface area contributed by atoms with Crippen molar-refractivity contribution in [1.29, 1.82) is 0 Å². The van der Waals surface area contributed by atoms with Gasteiger partial charge in [0.1, 0.15) is 0 Å². The Bertz CT molecular complexity index is 370. The smallest absolute Gasteiger partial charge is 0.0837 e. The van der Waals surface area contributed by atoms with E-state index >= 15 is 0 Å². The van der Waals surface area contributed by atoms with E-state index in [1.807, 2.05) is 13.8 Å². The Balaban J connectivity index is 4.57. The molecule has 0 amide bonds. The van der Waals surface area contributed by atoms with Gasteiger partial charge in [-0.2, -0.15) is 0 Å². The van der Waals surface area contributed by atoms with Gasteiger partial charge in [0, 0.05) is 9.81 Å². The SMILES string of the molecule is C=C(C)/C=C\C(=C)S(=O)C(=C)/C=C\C(=C)C. The molecule has 0 heterocycles. The number of allylic oxidation sites excluding steroid dienone is 6. The highest BCUT2D eigenvalue weighted by atomic mass is 32.2. The van der Waals surface area contributed by atoms with Gasteiger partial charge in [-0.3, -0.25) is 0 Å². The van der Waals surface area contributed by atoms with Crippen LogP contribution in [0.1, 0.15) is 13.8 Å². The summed E-state index contributed by atoms with van der Waals surface area (Å²) in [4.78, 5) is 1.03. The van der Waals surface area contributed by atoms with E-state index < -0.39 is 10.8 Å². The van der Waals surface area contributed by atoms with Gasteiger partial charge in [0.25, 0.3) is 0 Å². The first-order valence-electron chi connectivity index (χ1n) is 4.81. The molecule has 0 atom stereocenters. The van der Waals surface area contributed by atoms with E-state index in [1.165, 1.54) is 0 Å². The van der Waals surface area contributed by atoms with E-state index in [0.717, 1.165) is 11.1 Å². The maximum Gasteiger partial charge on any atom is 0.0837 e. The molecule has 16 heavy (non-hydrogen) atoms. The molecule has 0 saturated carbocycles. The minimum absolute atomic E-state index is 0.513. The van der Waals surface area contributed by atoms with E-state index in [0.29, 0.717) is 9.81 Å². The number of hydrogen-bond donors (Lipinski definition) is 0. The molecule has 0 aliphatic carbocycles. The first kappa shape index (κ1) is 14.6. The Morgan fingerprint density at radius 1 is 0.812 bits per heavy atom. The lowest BCUT2D eigenvalue weighted by molar-refractivity contribution is 0.691. The van der Waals surface area contributed by atoms with Gasteiger partial charge in [-0.1, -0.05) is 49.6 Å². The first-order valence-corrected chi connectivity index (χ1v) is 5.96. The predicted octanol–water partition coefficient (Wildman–Crippen LogP) is 4.03. The zero-order chi connectivity index (χ0) is 12.7. The second-order valence-electron chi connectivity index (χ2n) is 3.56. The average Bonchev–Trinajstić information content (AvgIpc) is 2.21. The lowest BCUT2D eigenvalue weighted by atomic mass is 10.3. The standard InChI is InChI=1S/C14H18OS/c1-11(2)7-9-13(5)16(15)14(6)10-8-12(3)4/h7-10H,1,3,5-6H2,2,4H3/b9-7-,10-8-. The highest BCUT2D eigenvalue weighted by Crippen LogP contribution is 2.12. The van der Waals surface area contributed by atoms with Gasteiger partial charge in [0.15, 0.2) is 0 Å². The van der Waals surface area contributed by atoms with Crippen LogP contribution in [0.4, 0.5) is 0 Å². The Hall–Kier alpha value is -1.41. The Morgan fingerprint density at radius 3 is 1.38 bits per heavy atom. The largest absolute Gasteiger partial charge is 0.249 e. The maximum atomic E-state index is 11.8. The van der Waals surface area contributed by atoms with Crippen LogP contribution in [-0.2, 0) is 10.8 Å². The quantitative estimate of drug-likeness (QED) is 0.634. The second kappa shape index (κ2) is 6.96. The van der Waals surface area contributed by atoms with E-state index in [-0.39, 0.29) is 0 Å². The number of hydrogen-bond acceptors (Lipinski definition) is 1. The van der Waals surface area contributed by atoms with Crippen molar-refractivity contribution in [3.05, 3.63) is 71.6 Å². The Kier molecular flexibility index (Phi) is 6.35. The van der Waals surface area contributed by atoms with Gasteiger partial charge in [-0.25, -0.2) is 4.21 Å². The third-order valence-corrected chi connectivity index (χ3v) is 2.81. The molecule has 0 aromatic carbocycles. The van der Waals surface area contributed by atoms with Crippen molar-refractivity contribution in [1.82, 2.24) is 0 Å². The first-order chi connectivity index (χ1) is 7.34. The van der Waals surface area contributed by atoms with Crippen molar-refractivity contribution in [2.45, 2.75) is 13.8 Å². The van der Waals surface area contributed by atoms with Crippen LogP contribution in [0.15, 0.2) is 71.6 Å². The summed E-state index contributed by atoms with van der Waals surface area (Å²) in [5.74, 6) is 0. The zero-order valence-corrected chi connectivity index (χ0v) is 10.8. The molecule has 0 aromatic rings. The van der Waals surface area contributed by atoms with Crippen LogP contribution < -0.4 is 0 Å². The van der Waals surface area contributed by atoms with E-state index in [9.17, 15) is 4.21 Å². The summed E-state index contributed by atoms with van der Waals surface area (Å²) >= 11 is 0. The van der Waals surface area contributed by atoms with Crippen molar-refractivity contribution in [3.8, 4) is 0 Å². The van der Waals surface area contributed by atoms with Crippen LogP contribution >= 0.6 is 0 Å². The van der Waals surface area contributed by atoms with Crippen LogP contribution in [0.2, 0.25) is 0 Å². The maximum absolute atomic E-state index is 11.8. The lowest BCUT2D eigenvalue weighted by Crippen LogP contribution is -1.92. The summed E-state index contributed by atoms with van der Waals surface area (Å²) < 4.78 is 11.8. The fourth-order valence-corrected chi connectivity index (χ4v) is 1.48. The van der Waals surface area contributed by atoms with Crippen molar-refractivity contribution >= 4 is 10.8 Å². The molecule has 0 aliphatic heterocycles. The monoisotopic (exact) mass is 234 g/mol. The zero-order valence-electron chi connectivity index (χ0n) is 9.95. The molecule has 0 aromatic heterocycles. The summed E-state index contributed by atoms with van der Waals surface area (Å²) in [5, 5.41) is 0. The van der Waals surface area contributed by atoms with E-state index in [1.54, 1.807) is 24.3 Å². The molecule has 0 saturated heterocycles. The average molecular weight is 234 g/mol. The third-order valence-electron chi connectivity index (χ3n) is 1.58. The normalized spacial score (nSPS) is 11.2. The molecule has 0 spiro atoms. The number of rotatable bonds is 6. The summed E-state index contributed by atoms with van der Waals surface area (Å²) in [5.41, 5.74) is 1.78. The van der Waals surface area contributed by atoms with Gasteiger partial charge < -0.3 is 0 Å². The second-order valence-corrected chi connectivity index (χ2v) is 5.15. The molecule has 0 aliphatic rings. The molecule has 86 valence electrons. The highest BCUT2D eigenvalue weighted by molar-refractivity contribution is 7.93. The van der Waals surface area contributed by atoms with E-state index in [2.05, 4.69) is 26.3 Å². The molecule has 0 N–H and O–H groups in total. The van der Waals surface area contributed by atoms with Crippen LogP contribution in [0.3, 0.4) is 0 Å². The molecule has 0 fully saturated rings. The molecule has 0 unspecified atom stereocenters. The fourth-order valence-electron chi connectivity index (χ4n) is 0.762. The molecule has 0 rings (SSSR count). The molecule has 0 radical (unpaired) electrons. The minimum atomic E-state index is -1.29. The van der Waals surface area contributed by atoms with Crippen molar-refractivity contribution in [2.75, 3.05) is 0 Å². The van der Waals surface area contributed by atoms with Gasteiger partial charge in [-0.05, 0) is 26.0 Å². The van der Waals surface area contributed by atoms with E-state index in [4.69, 9.17) is 0 Å². The summed E-state index contributed by atoms with van der Waals surface area (Å²) in [6, 6.07) is 0. The fraction of sp³-hybridized carbons (Fsp3) is 0.143. The predicted molar refractivity (Wildman–Crippen MR) is 74.3 cm³/mol. The van der Waals surface area contributed by atoms with Crippen molar-refractivity contribution in [2.24, 2.45) is 0 Å². The van der Waals surface area contributed by atoms with Crippen LogP contribution in [-0.4, -0.2) is 4.21 Å². The molecular formula is C14H18OS. The van der Waals surface area contributed by atoms with Gasteiger partial charge in [0.05, 0.1) is 10.8 Å². The van der Waals surface area contributed by atoms with Crippen LogP contribution in [0.25, 0.3) is 0 Å². The van der Waals surface area contributed by atoms with Crippen LogP contribution in [0.5, 0.6) is 0 Å².